The molecule has 1 amide bonds. The van der Waals surface area contributed by atoms with Gasteiger partial charge in [-0.2, -0.15) is 5.10 Å². The third-order valence-electron chi connectivity index (χ3n) is 6.64. The van der Waals surface area contributed by atoms with Crippen LogP contribution in [0.25, 0.3) is 0 Å². The molecule has 3 aliphatic heterocycles. The van der Waals surface area contributed by atoms with E-state index in [9.17, 15) is 14.0 Å². The van der Waals surface area contributed by atoms with E-state index in [1.165, 1.54) is 17.1 Å². The van der Waals surface area contributed by atoms with Crippen LogP contribution in [-0.2, 0) is 14.3 Å². The van der Waals surface area contributed by atoms with Crippen LogP contribution in [-0.4, -0.2) is 60.0 Å². The Kier molecular flexibility index (Phi) is 6.68. The number of esters is 1. The molecule has 3 aliphatic rings. The van der Waals surface area contributed by atoms with E-state index in [2.05, 4.69) is 5.10 Å². The molecule has 0 bridgehead atoms. The second-order valence-corrected chi connectivity index (χ2v) is 8.86. The van der Waals surface area contributed by atoms with Gasteiger partial charge >= 0.3 is 5.97 Å². The third-order valence-corrected chi connectivity index (χ3v) is 6.64. The monoisotopic (exact) mass is 481 g/mol. The van der Waals surface area contributed by atoms with E-state index < -0.39 is 6.04 Å². The number of benzene rings is 2. The molecule has 35 heavy (non-hydrogen) atoms. The highest BCUT2D eigenvalue weighted by Crippen LogP contribution is 2.39. The molecule has 0 aliphatic carbocycles. The van der Waals surface area contributed by atoms with Crippen LogP contribution >= 0.6 is 0 Å². The Hall–Kier alpha value is -3.46. The number of halogens is 1. The van der Waals surface area contributed by atoms with Crippen LogP contribution in [0.3, 0.4) is 0 Å². The first-order chi connectivity index (χ1) is 17.0. The van der Waals surface area contributed by atoms with Gasteiger partial charge in [-0.3, -0.25) is 14.5 Å². The Labute approximate surface area is 203 Å². The van der Waals surface area contributed by atoms with Crippen molar-refractivity contribution in [2.75, 3.05) is 26.5 Å². The fraction of sp³-hybridized carbons (Fsp3) is 0.423. The number of carbonyl (C=O) groups excluding carboxylic acids is 2. The number of likely N-dealkylation sites (tertiary alicyclic amines) is 1. The summed E-state index contributed by atoms with van der Waals surface area (Å²) in [5.41, 5.74) is 2.32. The maximum atomic E-state index is 13.6. The first-order valence-corrected chi connectivity index (χ1v) is 12.0. The van der Waals surface area contributed by atoms with E-state index in [-0.39, 0.29) is 37.1 Å². The molecule has 2 atom stereocenters. The first-order valence-electron chi connectivity index (χ1n) is 12.0. The largest absolute Gasteiger partial charge is 0.465 e. The van der Waals surface area contributed by atoms with Gasteiger partial charge in [0.1, 0.15) is 11.9 Å². The summed E-state index contributed by atoms with van der Waals surface area (Å²) in [6, 6.07) is 10.9. The number of fused-ring (bicyclic) bond motifs is 1. The number of hydrogen-bond donors (Lipinski definition) is 0. The molecular weight excluding hydrogens is 453 g/mol. The fourth-order valence-electron chi connectivity index (χ4n) is 4.87. The van der Waals surface area contributed by atoms with Crippen molar-refractivity contribution in [1.29, 1.82) is 0 Å². The van der Waals surface area contributed by atoms with Crippen molar-refractivity contribution in [3.05, 3.63) is 59.4 Å². The minimum Gasteiger partial charge on any atom is -0.465 e. The number of nitrogens with zero attached hydrogens (tertiary/aromatic N) is 3. The molecule has 0 aromatic heterocycles. The number of rotatable bonds is 6. The van der Waals surface area contributed by atoms with Crippen molar-refractivity contribution in [3.8, 4) is 11.5 Å². The molecule has 0 saturated carbocycles. The molecule has 1 fully saturated rings. The highest BCUT2D eigenvalue weighted by Gasteiger charge is 2.37. The van der Waals surface area contributed by atoms with Gasteiger partial charge in [0.2, 0.25) is 6.79 Å². The Morgan fingerprint density at radius 2 is 1.91 bits per heavy atom. The molecule has 2 unspecified atom stereocenters. The average molecular weight is 482 g/mol. The summed E-state index contributed by atoms with van der Waals surface area (Å²) in [7, 11) is 0. The lowest BCUT2D eigenvalue weighted by Gasteiger charge is -2.34. The number of carbonyl (C=O) groups is 2. The van der Waals surface area contributed by atoms with Gasteiger partial charge in [0.25, 0.3) is 5.91 Å². The fourth-order valence-corrected chi connectivity index (χ4v) is 4.87. The first kappa shape index (κ1) is 23.3. The van der Waals surface area contributed by atoms with E-state index in [0.717, 1.165) is 24.0 Å². The minimum atomic E-state index is -0.431. The Balaban J connectivity index is 1.42. The lowest BCUT2D eigenvalue weighted by atomic mass is 9.98. The second-order valence-electron chi connectivity index (χ2n) is 8.86. The molecule has 8 nitrogen and oxygen atoms in total. The van der Waals surface area contributed by atoms with Gasteiger partial charge in [0.05, 0.1) is 24.9 Å². The van der Waals surface area contributed by atoms with Crippen molar-refractivity contribution < 1.29 is 28.2 Å². The lowest BCUT2D eigenvalue weighted by molar-refractivity contribution is -0.152. The van der Waals surface area contributed by atoms with E-state index in [4.69, 9.17) is 14.2 Å². The third kappa shape index (κ3) is 4.86. The van der Waals surface area contributed by atoms with Gasteiger partial charge in [-0.15, -0.1) is 0 Å². The van der Waals surface area contributed by atoms with Gasteiger partial charge < -0.3 is 14.2 Å². The number of hydrazone groups is 1. The normalized spacial score (nSPS) is 21.7. The zero-order valence-electron chi connectivity index (χ0n) is 19.6. The molecule has 2 aromatic carbocycles. The maximum absolute atomic E-state index is 13.6. The average Bonchev–Trinajstić information content (AvgIpc) is 3.52. The van der Waals surface area contributed by atoms with Crippen molar-refractivity contribution >= 4 is 17.6 Å². The van der Waals surface area contributed by atoms with E-state index in [1.54, 1.807) is 19.1 Å². The van der Waals surface area contributed by atoms with Gasteiger partial charge in [-0.25, -0.2) is 9.40 Å². The van der Waals surface area contributed by atoms with Crippen molar-refractivity contribution in [3.63, 3.8) is 0 Å². The molecule has 0 spiro atoms. The summed E-state index contributed by atoms with van der Waals surface area (Å²) in [6.07, 6.45) is 2.98. The van der Waals surface area contributed by atoms with E-state index >= 15 is 0 Å². The van der Waals surface area contributed by atoms with Crippen LogP contribution in [0.5, 0.6) is 11.5 Å². The van der Waals surface area contributed by atoms with Gasteiger partial charge in [-0.1, -0.05) is 24.6 Å². The maximum Gasteiger partial charge on any atom is 0.323 e. The summed E-state index contributed by atoms with van der Waals surface area (Å²) in [5.74, 6) is 0.464. The standard InChI is InChI=1S/C26H28FN3O5/c1-2-33-26(32)21-5-3-4-12-29(21)15-25(31)30-22(18-8-11-23-24(13-18)35-16-34-23)14-20(28-30)17-6-9-19(27)10-7-17/h6-11,13,21-22H,2-5,12,14-16H2,1H3. The zero-order chi connectivity index (χ0) is 24.4. The molecule has 2 aromatic rings. The summed E-state index contributed by atoms with van der Waals surface area (Å²) in [6.45, 7) is 2.95. The van der Waals surface area contributed by atoms with Crippen molar-refractivity contribution in [2.24, 2.45) is 5.10 Å². The predicted molar refractivity (Wildman–Crippen MR) is 126 cm³/mol. The molecule has 184 valence electrons. The summed E-state index contributed by atoms with van der Waals surface area (Å²) >= 11 is 0. The second kappa shape index (κ2) is 10.0. The van der Waals surface area contributed by atoms with Crippen LogP contribution < -0.4 is 9.47 Å². The Morgan fingerprint density at radius 1 is 1.11 bits per heavy atom. The number of ether oxygens (including phenoxy) is 3. The van der Waals surface area contributed by atoms with Crippen molar-refractivity contribution in [1.82, 2.24) is 9.91 Å². The number of piperidine rings is 1. The topological polar surface area (TPSA) is 80.7 Å². The predicted octanol–water partition coefficient (Wildman–Crippen LogP) is 3.65. The Morgan fingerprint density at radius 3 is 2.71 bits per heavy atom. The molecule has 3 heterocycles. The molecule has 0 N–H and O–H groups in total. The summed E-state index contributed by atoms with van der Waals surface area (Å²) < 4.78 is 29.7. The zero-order valence-corrected chi connectivity index (χ0v) is 19.6. The van der Waals surface area contributed by atoms with Crippen LogP contribution in [0.2, 0.25) is 0 Å². The quantitative estimate of drug-likeness (QED) is 0.586. The highest BCUT2D eigenvalue weighted by atomic mass is 19.1. The number of hydrogen-bond acceptors (Lipinski definition) is 7. The molecular formula is C26H28FN3O5. The lowest BCUT2D eigenvalue weighted by Crippen LogP contribution is -2.49. The molecule has 9 heteroatoms. The molecule has 5 rings (SSSR count). The number of amides is 1. The van der Waals surface area contributed by atoms with Crippen LogP contribution in [0.1, 0.15) is 49.8 Å². The SMILES string of the molecule is CCOC(=O)C1CCCCN1CC(=O)N1N=C(c2ccc(F)cc2)CC1c1ccc2c(c1)OCO2. The molecule has 1 saturated heterocycles. The van der Waals surface area contributed by atoms with E-state index in [0.29, 0.717) is 43.2 Å². The Bertz CT molecular complexity index is 1140. The smallest absolute Gasteiger partial charge is 0.323 e. The van der Waals surface area contributed by atoms with Gasteiger partial charge in [0.15, 0.2) is 11.5 Å². The van der Waals surface area contributed by atoms with E-state index in [1.807, 2.05) is 23.1 Å². The molecule has 0 radical (unpaired) electrons. The summed E-state index contributed by atoms with van der Waals surface area (Å²) in [5, 5.41) is 6.17. The van der Waals surface area contributed by atoms with Crippen LogP contribution in [0.15, 0.2) is 47.6 Å². The van der Waals surface area contributed by atoms with Crippen LogP contribution in [0.4, 0.5) is 4.39 Å². The highest BCUT2D eigenvalue weighted by molar-refractivity contribution is 6.03. The minimum absolute atomic E-state index is 0.0602. The summed E-state index contributed by atoms with van der Waals surface area (Å²) in [4.78, 5) is 28.0. The van der Waals surface area contributed by atoms with Gasteiger partial charge in [0, 0.05) is 6.42 Å². The van der Waals surface area contributed by atoms with Gasteiger partial charge in [-0.05, 0) is 61.7 Å². The van der Waals surface area contributed by atoms with Crippen molar-refractivity contribution in [2.45, 2.75) is 44.7 Å². The van der Waals surface area contributed by atoms with Crippen LogP contribution in [0, 0.1) is 5.82 Å².